The van der Waals surface area contributed by atoms with Crippen LogP contribution in [0.2, 0.25) is 0 Å². The Balaban J connectivity index is 3.14. The van der Waals surface area contributed by atoms with Gasteiger partial charge in [-0.1, -0.05) is 12.2 Å². The maximum absolute atomic E-state index is 10.4. The van der Waals surface area contributed by atoms with Crippen LogP contribution in [0.1, 0.15) is 6.92 Å². The van der Waals surface area contributed by atoms with Crippen LogP contribution in [-0.4, -0.2) is 29.6 Å². The summed E-state index contributed by atoms with van der Waals surface area (Å²) in [5, 5.41) is 5.62. The standard InChI is InChI=1S/C6H12N2OS2/c1-5(9)7-3-4-8-6(10)11-2/h3-4H2,1-2H3,(H,7,9)(H,8,10). The maximum Gasteiger partial charge on any atom is 0.216 e. The van der Waals surface area contributed by atoms with Gasteiger partial charge in [-0.05, 0) is 6.26 Å². The van der Waals surface area contributed by atoms with Gasteiger partial charge in [0.05, 0.1) is 0 Å². The summed E-state index contributed by atoms with van der Waals surface area (Å²) in [7, 11) is 0. The van der Waals surface area contributed by atoms with E-state index in [0.717, 1.165) is 4.32 Å². The zero-order valence-corrected chi connectivity index (χ0v) is 8.27. The van der Waals surface area contributed by atoms with Crippen LogP contribution in [0.4, 0.5) is 0 Å². The number of nitrogens with one attached hydrogen (secondary N) is 2. The van der Waals surface area contributed by atoms with E-state index in [0.29, 0.717) is 13.1 Å². The van der Waals surface area contributed by atoms with E-state index in [-0.39, 0.29) is 5.91 Å². The average molecular weight is 192 g/mol. The SMILES string of the molecule is CSC(=S)NCCNC(C)=O. The Morgan fingerprint density at radius 3 is 2.45 bits per heavy atom. The van der Waals surface area contributed by atoms with E-state index in [1.54, 1.807) is 0 Å². The largest absolute Gasteiger partial charge is 0.369 e. The van der Waals surface area contributed by atoms with Crippen molar-refractivity contribution in [1.82, 2.24) is 10.6 Å². The van der Waals surface area contributed by atoms with Crippen molar-refractivity contribution < 1.29 is 4.79 Å². The molecule has 0 spiro atoms. The average Bonchev–Trinajstić information content (AvgIpc) is 1.97. The van der Waals surface area contributed by atoms with Gasteiger partial charge in [-0.3, -0.25) is 4.79 Å². The summed E-state index contributed by atoms with van der Waals surface area (Å²) < 4.78 is 0.760. The Morgan fingerprint density at radius 1 is 1.45 bits per heavy atom. The zero-order chi connectivity index (χ0) is 8.69. The molecule has 0 radical (unpaired) electrons. The fraction of sp³-hybridized carbons (Fsp3) is 0.667. The number of hydrogen-bond donors (Lipinski definition) is 2. The quantitative estimate of drug-likeness (QED) is 0.500. The lowest BCUT2D eigenvalue weighted by atomic mass is 10.6. The van der Waals surface area contributed by atoms with Crippen LogP contribution in [0, 0.1) is 0 Å². The third kappa shape index (κ3) is 7.61. The third-order valence-electron chi connectivity index (χ3n) is 0.954. The molecule has 2 N–H and O–H groups in total. The first-order valence-corrected chi connectivity index (χ1v) is 4.86. The van der Waals surface area contributed by atoms with Gasteiger partial charge in [0.25, 0.3) is 0 Å². The van der Waals surface area contributed by atoms with Crippen LogP contribution in [0.3, 0.4) is 0 Å². The smallest absolute Gasteiger partial charge is 0.216 e. The number of rotatable bonds is 3. The molecular weight excluding hydrogens is 180 g/mol. The van der Waals surface area contributed by atoms with Crippen molar-refractivity contribution in [3.63, 3.8) is 0 Å². The predicted molar refractivity (Wildman–Crippen MR) is 52.8 cm³/mol. The topological polar surface area (TPSA) is 41.1 Å². The second-order valence-corrected chi connectivity index (χ2v) is 3.38. The highest BCUT2D eigenvalue weighted by Crippen LogP contribution is 1.91. The van der Waals surface area contributed by atoms with Crippen molar-refractivity contribution in [3.05, 3.63) is 0 Å². The summed E-state index contributed by atoms with van der Waals surface area (Å²) in [6, 6.07) is 0. The molecule has 0 rings (SSSR count). The number of carbonyl (C=O) groups is 1. The second-order valence-electron chi connectivity index (χ2n) is 1.90. The molecule has 0 saturated carbocycles. The van der Waals surface area contributed by atoms with E-state index < -0.39 is 0 Å². The molecule has 5 heteroatoms. The van der Waals surface area contributed by atoms with Crippen LogP contribution < -0.4 is 10.6 Å². The molecule has 0 bridgehead atoms. The zero-order valence-electron chi connectivity index (χ0n) is 6.64. The summed E-state index contributed by atoms with van der Waals surface area (Å²) in [6.07, 6.45) is 1.91. The van der Waals surface area contributed by atoms with Crippen LogP contribution in [-0.2, 0) is 4.79 Å². The Kier molecular flexibility index (Phi) is 6.25. The molecule has 0 aliphatic rings. The molecule has 11 heavy (non-hydrogen) atoms. The normalized spacial score (nSPS) is 8.91. The lowest BCUT2D eigenvalue weighted by Gasteiger charge is -2.04. The first-order chi connectivity index (χ1) is 5.16. The third-order valence-corrected chi connectivity index (χ3v) is 2.11. The van der Waals surface area contributed by atoms with Gasteiger partial charge in [-0.2, -0.15) is 0 Å². The summed E-state index contributed by atoms with van der Waals surface area (Å²) in [5.41, 5.74) is 0. The number of hydrogen-bond acceptors (Lipinski definition) is 3. The molecule has 0 aromatic carbocycles. The molecule has 0 aromatic heterocycles. The van der Waals surface area contributed by atoms with Crippen molar-refractivity contribution in [1.29, 1.82) is 0 Å². The molecule has 3 nitrogen and oxygen atoms in total. The Labute approximate surface area is 76.3 Å². The molecule has 0 unspecified atom stereocenters. The predicted octanol–water partition coefficient (Wildman–Crippen LogP) is 0.360. The van der Waals surface area contributed by atoms with E-state index in [4.69, 9.17) is 12.2 Å². The van der Waals surface area contributed by atoms with Crippen LogP contribution >= 0.6 is 24.0 Å². The minimum atomic E-state index is -0.0122. The molecule has 0 aromatic rings. The highest BCUT2D eigenvalue weighted by Gasteiger charge is 1.92. The van der Waals surface area contributed by atoms with Crippen molar-refractivity contribution >= 4 is 34.2 Å². The molecule has 0 heterocycles. The number of thioether (sulfide) groups is 1. The number of carbonyl (C=O) groups excluding carboxylic acids is 1. The highest BCUT2D eigenvalue weighted by atomic mass is 32.2. The molecule has 0 saturated heterocycles. The summed E-state index contributed by atoms with van der Waals surface area (Å²) in [6.45, 7) is 2.81. The lowest BCUT2D eigenvalue weighted by molar-refractivity contribution is -0.118. The monoisotopic (exact) mass is 192 g/mol. The van der Waals surface area contributed by atoms with Gasteiger partial charge in [0.15, 0.2) is 0 Å². The molecule has 0 aliphatic heterocycles. The van der Waals surface area contributed by atoms with Gasteiger partial charge < -0.3 is 10.6 Å². The number of amides is 1. The molecule has 64 valence electrons. The fourth-order valence-electron chi connectivity index (χ4n) is 0.475. The molecular formula is C6H12N2OS2. The molecule has 0 aliphatic carbocycles. The molecule has 0 atom stereocenters. The fourth-order valence-corrected chi connectivity index (χ4v) is 0.824. The van der Waals surface area contributed by atoms with Crippen LogP contribution in [0.5, 0.6) is 0 Å². The minimum Gasteiger partial charge on any atom is -0.369 e. The first-order valence-electron chi connectivity index (χ1n) is 3.23. The van der Waals surface area contributed by atoms with Gasteiger partial charge in [0, 0.05) is 20.0 Å². The van der Waals surface area contributed by atoms with Gasteiger partial charge in [-0.15, -0.1) is 11.8 Å². The Morgan fingerprint density at radius 2 is 2.00 bits per heavy atom. The molecule has 0 fully saturated rings. The van der Waals surface area contributed by atoms with Crippen molar-refractivity contribution in [2.45, 2.75) is 6.92 Å². The van der Waals surface area contributed by atoms with Crippen molar-refractivity contribution in [2.75, 3.05) is 19.3 Å². The summed E-state index contributed by atoms with van der Waals surface area (Å²) in [4.78, 5) is 10.4. The summed E-state index contributed by atoms with van der Waals surface area (Å²) >= 11 is 6.36. The van der Waals surface area contributed by atoms with E-state index in [1.807, 2.05) is 6.26 Å². The highest BCUT2D eigenvalue weighted by molar-refractivity contribution is 8.22. The molecule has 1 amide bonds. The van der Waals surface area contributed by atoms with Crippen LogP contribution in [0.15, 0.2) is 0 Å². The Hall–Kier alpha value is -0.290. The van der Waals surface area contributed by atoms with Gasteiger partial charge in [-0.25, -0.2) is 0 Å². The number of thiocarbonyl (C=S) groups is 1. The first kappa shape index (κ1) is 10.7. The van der Waals surface area contributed by atoms with Crippen molar-refractivity contribution in [3.8, 4) is 0 Å². The van der Waals surface area contributed by atoms with Crippen LogP contribution in [0.25, 0.3) is 0 Å². The Bertz CT molecular complexity index is 150. The minimum absolute atomic E-state index is 0.0122. The van der Waals surface area contributed by atoms with E-state index >= 15 is 0 Å². The lowest BCUT2D eigenvalue weighted by Crippen LogP contribution is -2.31. The second kappa shape index (κ2) is 6.42. The van der Waals surface area contributed by atoms with Gasteiger partial charge >= 0.3 is 0 Å². The van der Waals surface area contributed by atoms with E-state index in [2.05, 4.69) is 10.6 Å². The summed E-state index contributed by atoms with van der Waals surface area (Å²) in [5.74, 6) is -0.0122. The van der Waals surface area contributed by atoms with Gasteiger partial charge in [0.1, 0.15) is 4.32 Å². The maximum atomic E-state index is 10.4. The van der Waals surface area contributed by atoms with Gasteiger partial charge in [0.2, 0.25) is 5.91 Å². The van der Waals surface area contributed by atoms with E-state index in [9.17, 15) is 4.79 Å². The van der Waals surface area contributed by atoms with E-state index in [1.165, 1.54) is 18.7 Å². The van der Waals surface area contributed by atoms with Crippen molar-refractivity contribution in [2.24, 2.45) is 0 Å².